The SMILES string of the molecule is CNCc1cc(S(=O)(=O)N(CCOC)C2CC2)c(Br)s1. The maximum atomic E-state index is 12.8. The molecule has 0 aliphatic heterocycles. The van der Waals surface area contributed by atoms with Gasteiger partial charge in [0.2, 0.25) is 10.0 Å². The van der Waals surface area contributed by atoms with Gasteiger partial charge >= 0.3 is 0 Å². The summed E-state index contributed by atoms with van der Waals surface area (Å²) in [6, 6.07) is 1.89. The molecule has 0 bridgehead atoms. The van der Waals surface area contributed by atoms with E-state index in [4.69, 9.17) is 4.74 Å². The number of nitrogens with one attached hydrogen (secondary N) is 1. The van der Waals surface area contributed by atoms with Crippen LogP contribution in [0.5, 0.6) is 0 Å². The highest BCUT2D eigenvalue weighted by Gasteiger charge is 2.39. The normalized spacial score (nSPS) is 16.0. The number of nitrogens with zero attached hydrogens (tertiary/aromatic N) is 1. The highest BCUT2D eigenvalue weighted by atomic mass is 79.9. The number of rotatable bonds is 8. The van der Waals surface area contributed by atoms with Crippen LogP contribution in [0.1, 0.15) is 17.7 Å². The van der Waals surface area contributed by atoms with Gasteiger partial charge < -0.3 is 10.1 Å². The van der Waals surface area contributed by atoms with Crippen molar-refractivity contribution in [1.29, 1.82) is 0 Å². The topological polar surface area (TPSA) is 58.6 Å². The van der Waals surface area contributed by atoms with Crippen molar-refractivity contribution in [3.63, 3.8) is 0 Å². The first kappa shape index (κ1) is 16.4. The highest BCUT2D eigenvalue weighted by molar-refractivity contribution is 9.11. The van der Waals surface area contributed by atoms with Gasteiger partial charge in [-0.1, -0.05) is 0 Å². The van der Waals surface area contributed by atoms with Crippen LogP contribution in [0.2, 0.25) is 0 Å². The van der Waals surface area contributed by atoms with Crippen LogP contribution in [0.25, 0.3) is 0 Å². The molecule has 1 saturated carbocycles. The first-order chi connectivity index (χ1) is 9.50. The monoisotopic (exact) mass is 382 g/mol. The second-order valence-electron chi connectivity index (χ2n) is 4.72. The Balaban J connectivity index is 2.27. The predicted octanol–water partition coefficient (Wildman–Crippen LogP) is 2.03. The molecule has 8 heteroatoms. The third-order valence-corrected chi connectivity index (χ3v) is 7.32. The Labute approximate surface area is 132 Å². The van der Waals surface area contributed by atoms with Crippen molar-refractivity contribution in [3.05, 3.63) is 14.7 Å². The molecule has 20 heavy (non-hydrogen) atoms. The second kappa shape index (κ2) is 6.85. The Morgan fingerprint density at radius 1 is 1.55 bits per heavy atom. The van der Waals surface area contributed by atoms with Crippen molar-refractivity contribution in [2.75, 3.05) is 27.3 Å². The minimum atomic E-state index is -3.45. The molecule has 0 spiro atoms. The third-order valence-electron chi connectivity index (χ3n) is 3.11. The average molecular weight is 383 g/mol. The maximum absolute atomic E-state index is 12.8. The lowest BCUT2D eigenvalue weighted by Crippen LogP contribution is -2.35. The molecule has 1 aromatic heterocycles. The summed E-state index contributed by atoms with van der Waals surface area (Å²) in [5.74, 6) is 0. The summed E-state index contributed by atoms with van der Waals surface area (Å²) >= 11 is 4.84. The summed E-state index contributed by atoms with van der Waals surface area (Å²) in [5.41, 5.74) is 0. The fourth-order valence-electron chi connectivity index (χ4n) is 2.00. The van der Waals surface area contributed by atoms with Gasteiger partial charge in [-0.3, -0.25) is 0 Å². The van der Waals surface area contributed by atoms with Crippen molar-refractivity contribution in [2.24, 2.45) is 0 Å². The third kappa shape index (κ3) is 3.61. The van der Waals surface area contributed by atoms with Crippen molar-refractivity contribution in [1.82, 2.24) is 9.62 Å². The Morgan fingerprint density at radius 2 is 2.25 bits per heavy atom. The number of sulfonamides is 1. The van der Waals surface area contributed by atoms with Gasteiger partial charge in [-0.25, -0.2) is 8.42 Å². The van der Waals surface area contributed by atoms with Crippen LogP contribution in [0.4, 0.5) is 0 Å². The van der Waals surface area contributed by atoms with Crippen LogP contribution < -0.4 is 5.32 Å². The minimum absolute atomic E-state index is 0.134. The van der Waals surface area contributed by atoms with Crippen LogP contribution in [0.15, 0.2) is 14.7 Å². The predicted molar refractivity (Wildman–Crippen MR) is 83.6 cm³/mol. The van der Waals surface area contributed by atoms with Gasteiger partial charge in [0.05, 0.1) is 10.4 Å². The summed E-state index contributed by atoms with van der Waals surface area (Å²) in [4.78, 5) is 1.37. The zero-order chi connectivity index (χ0) is 14.8. The van der Waals surface area contributed by atoms with Gasteiger partial charge in [0.25, 0.3) is 0 Å². The Hall–Kier alpha value is 0.01000. The van der Waals surface area contributed by atoms with Crippen LogP contribution in [0.3, 0.4) is 0 Å². The summed E-state index contributed by atoms with van der Waals surface area (Å²) in [6.07, 6.45) is 1.88. The van der Waals surface area contributed by atoms with Gasteiger partial charge in [0.15, 0.2) is 0 Å². The molecule has 1 N–H and O–H groups in total. The minimum Gasteiger partial charge on any atom is -0.383 e. The molecular formula is C12H19BrN2O3S2. The van der Waals surface area contributed by atoms with Crippen LogP contribution in [0, 0.1) is 0 Å². The van der Waals surface area contributed by atoms with E-state index in [0.717, 1.165) is 17.7 Å². The highest BCUT2D eigenvalue weighted by Crippen LogP contribution is 2.37. The van der Waals surface area contributed by atoms with Gasteiger partial charge in [-0.15, -0.1) is 11.3 Å². The standard InChI is InChI=1S/C12H19BrN2O3S2/c1-14-8-10-7-11(12(13)19-10)20(16,17)15(5-6-18-2)9-3-4-9/h7,9,14H,3-6,8H2,1-2H3. The lowest BCUT2D eigenvalue weighted by molar-refractivity contribution is 0.177. The quantitative estimate of drug-likeness (QED) is 0.747. The first-order valence-electron chi connectivity index (χ1n) is 6.44. The summed E-state index contributed by atoms with van der Waals surface area (Å²) in [6.45, 7) is 1.49. The number of methoxy groups -OCH3 is 1. The van der Waals surface area contributed by atoms with E-state index in [2.05, 4.69) is 21.2 Å². The van der Waals surface area contributed by atoms with E-state index in [1.54, 1.807) is 17.5 Å². The lowest BCUT2D eigenvalue weighted by Gasteiger charge is -2.21. The van der Waals surface area contributed by atoms with Gasteiger partial charge in [0.1, 0.15) is 4.90 Å². The Bertz CT molecular complexity index is 555. The zero-order valence-corrected chi connectivity index (χ0v) is 14.8. The molecule has 1 fully saturated rings. The van der Waals surface area contributed by atoms with E-state index in [0.29, 0.717) is 28.4 Å². The molecule has 114 valence electrons. The molecule has 0 amide bonds. The first-order valence-corrected chi connectivity index (χ1v) is 9.49. The van der Waals surface area contributed by atoms with Crippen LogP contribution in [-0.4, -0.2) is 46.1 Å². The van der Waals surface area contributed by atoms with E-state index in [1.807, 2.05) is 7.05 Å². The molecule has 5 nitrogen and oxygen atoms in total. The Kier molecular flexibility index (Phi) is 5.61. The van der Waals surface area contributed by atoms with Crippen molar-refractivity contribution in [2.45, 2.75) is 30.3 Å². The van der Waals surface area contributed by atoms with Crippen molar-refractivity contribution < 1.29 is 13.2 Å². The fraction of sp³-hybridized carbons (Fsp3) is 0.667. The fourth-order valence-corrected chi connectivity index (χ4v) is 6.32. The van der Waals surface area contributed by atoms with E-state index in [9.17, 15) is 8.42 Å². The smallest absolute Gasteiger partial charge is 0.245 e. The largest absolute Gasteiger partial charge is 0.383 e. The maximum Gasteiger partial charge on any atom is 0.245 e. The number of halogens is 1. The van der Waals surface area contributed by atoms with Gasteiger partial charge in [-0.05, 0) is 41.9 Å². The molecule has 1 aliphatic carbocycles. The summed E-state index contributed by atoms with van der Waals surface area (Å²) in [7, 11) is -0.0185. The molecule has 0 atom stereocenters. The Morgan fingerprint density at radius 3 is 2.80 bits per heavy atom. The molecule has 2 rings (SSSR count). The average Bonchev–Trinajstić information content (AvgIpc) is 3.14. The van der Waals surface area contributed by atoms with Crippen molar-refractivity contribution >= 4 is 37.3 Å². The molecule has 1 aromatic rings. The van der Waals surface area contributed by atoms with Crippen LogP contribution >= 0.6 is 27.3 Å². The second-order valence-corrected chi connectivity index (χ2v) is 9.03. The van der Waals surface area contributed by atoms with E-state index in [-0.39, 0.29) is 6.04 Å². The van der Waals surface area contributed by atoms with Gasteiger partial charge in [-0.2, -0.15) is 4.31 Å². The zero-order valence-electron chi connectivity index (χ0n) is 11.6. The molecule has 0 unspecified atom stereocenters. The summed E-state index contributed by atoms with van der Waals surface area (Å²) in [5, 5.41) is 3.04. The molecular weight excluding hydrogens is 364 g/mol. The summed E-state index contributed by atoms with van der Waals surface area (Å²) < 4.78 is 32.8. The molecule has 1 heterocycles. The van der Waals surface area contributed by atoms with E-state index in [1.165, 1.54) is 11.3 Å². The van der Waals surface area contributed by atoms with Gasteiger partial charge in [0, 0.05) is 31.1 Å². The lowest BCUT2D eigenvalue weighted by atomic mass is 10.5. The van der Waals surface area contributed by atoms with Crippen LogP contribution in [-0.2, 0) is 21.3 Å². The molecule has 1 aliphatic rings. The number of hydrogen-bond acceptors (Lipinski definition) is 5. The van der Waals surface area contributed by atoms with E-state index < -0.39 is 10.0 Å². The van der Waals surface area contributed by atoms with E-state index >= 15 is 0 Å². The molecule has 0 radical (unpaired) electrons. The molecule has 0 aromatic carbocycles. The van der Waals surface area contributed by atoms with Crippen molar-refractivity contribution in [3.8, 4) is 0 Å². The number of ether oxygens (including phenoxy) is 1. The molecule has 0 saturated heterocycles. The number of hydrogen-bond donors (Lipinski definition) is 1. The number of thiophene rings is 1.